The number of rotatable bonds is 3. The van der Waals surface area contributed by atoms with Crippen molar-refractivity contribution in [2.24, 2.45) is 0 Å². The molecular weight excluding hydrogens is 434 g/mol. The minimum atomic E-state index is 0.179. The van der Waals surface area contributed by atoms with Crippen LogP contribution < -0.4 is 4.90 Å². The molecule has 2 aliphatic rings. The molecule has 4 aromatic rings. The lowest BCUT2D eigenvalue weighted by molar-refractivity contribution is 0.0432. The number of piperazine rings is 1. The average Bonchev–Trinajstić information content (AvgIpc) is 3.29. The van der Waals surface area contributed by atoms with Gasteiger partial charge in [-0.2, -0.15) is 0 Å². The summed E-state index contributed by atoms with van der Waals surface area (Å²) >= 11 is 8.39. The van der Waals surface area contributed by atoms with Crippen LogP contribution in [0.4, 0.5) is 5.69 Å². The van der Waals surface area contributed by atoms with E-state index in [0.29, 0.717) is 0 Å². The van der Waals surface area contributed by atoms with Crippen LogP contribution in [0, 0.1) is 0 Å². The Hall–Kier alpha value is -2.14. The number of pyridine rings is 1. The summed E-state index contributed by atoms with van der Waals surface area (Å²) in [6.07, 6.45) is 8.45. The van der Waals surface area contributed by atoms with E-state index in [0.717, 1.165) is 42.1 Å². The maximum absolute atomic E-state index is 6.47. The number of anilines is 1. The highest BCUT2D eigenvalue weighted by molar-refractivity contribution is 7.17. The van der Waals surface area contributed by atoms with Crippen LogP contribution in [0.2, 0.25) is 5.02 Å². The molecule has 0 bridgehead atoms. The summed E-state index contributed by atoms with van der Waals surface area (Å²) in [6.45, 7) is 4.17. The minimum absolute atomic E-state index is 0.179. The number of benzene rings is 2. The first-order valence-corrected chi connectivity index (χ1v) is 13.0. The monoisotopic (exact) mass is 461 g/mol. The molecule has 0 unspecified atom stereocenters. The Morgan fingerprint density at radius 2 is 1.72 bits per heavy atom. The van der Waals surface area contributed by atoms with E-state index in [1.54, 1.807) is 5.56 Å². The predicted octanol–water partition coefficient (Wildman–Crippen LogP) is 7.08. The summed E-state index contributed by atoms with van der Waals surface area (Å²) in [5.41, 5.74) is 3.98. The lowest BCUT2D eigenvalue weighted by atomic mass is 9.75. The summed E-state index contributed by atoms with van der Waals surface area (Å²) in [4.78, 5) is 9.97. The van der Waals surface area contributed by atoms with Crippen molar-refractivity contribution in [2.45, 2.75) is 37.6 Å². The highest BCUT2D eigenvalue weighted by atomic mass is 35.5. The molecular formula is C27H28ClN3S. The molecule has 2 fully saturated rings. The van der Waals surface area contributed by atoms with Gasteiger partial charge in [0.2, 0.25) is 0 Å². The molecule has 1 saturated carbocycles. The fraction of sp³-hybridized carbons (Fsp3) is 0.370. The summed E-state index contributed by atoms with van der Waals surface area (Å²) in [5.74, 6) is 0. The Morgan fingerprint density at radius 1 is 0.906 bits per heavy atom. The molecule has 1 aliphatic heterocycles. The molecule has 2 aromatic heterocycles. The maximum Gasteiger partial charge on any atom is 0.0936 e. The van der Waals surface area contributed by atoms with E-state index < -0.39 is 0 Å². The zero-order chi connectivity index (χ0) is 21.5. The highest BCUT2D eigenvalue weighted by Crippen LogP contribution is 2.47. The number of nitrogens with zero attached hydrogens (tertiary/aromatic N) is 3. The third-order valence-corrected chi connectivity index (χ3v) is 8.72. The zero-order valence-electron chi connectivity index (χ0n) is 18.3. The number of hydrogen-bond acceptors (Lipinski definition) is 4. The summed E-state index contributed by atoms with van der Waals surface area (Å²) in [6, 6.07) is 17.2. The van der Waals surface area contributed by atoms with Crippen molar-refractivity contribution in [2.75, 3.05) is 31.1 Å². The Labute approximate surface area is 198 Å². The number of thiophene rings is 1. The molecule has 164 valence electrons. The van der Waals surface area contributed by atoms with Crippen LogP contribution in [0.15, 0.2) is 60.1 Å². The molecule has 6 rings (SSSR count). The van der Waals surface area contributed by atoms with Crippen LogP contribution in [0.1, 0.15) is 37.7 Å². The number of aromatic nitrogens is 1. The highest BCUT2D eigenvalue weighted by Gasteiger charge is 2.42. The molecule has 0 atom stereocenters. The Bertz CT molecular complexity index is 1250. The van der Waals surface area contributed by atoms with Gasteiger partial charge in [0.15, 0.2) is 0 Å². The minimum Gasteiger partial charge on any atom is -0.367 e. The van der Waals surface area contributed by atoms with Gasteiger partial charge in [0, 0.05) is 53.0 Å². The van der Waals surface area contributed by atoms with Gasteiger partial charge in [-0.15, -0.1) is 11.3 Å². The van der Waals surface area contributed by atoms with Crippen molar-refractivity contribution < 1.29 is 0 Å². The molecule has 0 radical (unpaired) electrons. The third-order valence-electron chi connectivity index (χ3n) is 7.54. The summed E-state index contributed by atoms with van der Waals surface area (Å²) in [5, 5.41) is 5.82. The van der Waals surface area contributed by atoms with Crippen LogP contribution in [-0.2, 0) is 5.54 Å². The first-order chi connectivity index (χ1) is 15.7. The molecule has 3 heterocycles. The van der Waals surface area contributed by atoms with Crippen molar-refractivity contribution in [1.29, 1.82) is 0 Å². The van der Waals surface area contributed by atoms with Crippen molar-refractivity contribution in [3.63, 3.8) is 0 Å². The topological polar surface area (TPSA) is 19.4 Å². The lowest BCUT2D eigenvalue weighted by Gasteiger charge is -2.50. The number of fused-ring (bicyclic) bond motifs is 2. The predicted molar refractivity (Wildman–Crippen MR) is 137 cm³/mol. The molecule has 1 aliphatic carbocycles. The number of halogens is 1. The molecule has 2 aromatic carbocycles. The van der Waals surface area contributed by atoms with Gasteiger partial charge in [-0.25, -0.2) is 0 Å². The van der Waals surface area contributed by atoms with Crippen LogP contribution in [-0.4, -0.2) is 36.1 Å². The fourth-order valence-corrected chi connectivity index (χ4v) is 7.26. The van der Waals surface area contributed by atoms with E-state index in [2.05, 4.69) is 56.6 Å². The van der Waals surface area contributed by atoms with E-state index >= 15 is 0 Å². The zero-order valence-corrected chi connectivity index (χ0v) is 19.8. The molecule has 1 saturated heterocycles. The second kappa shape index (κ2) is 8.33. The molecule has 0 N–H and O–H groups in total. The SMILES string of the molecule is Clc1cc(N2CCN(C3(c4csc5ccccc45)CCCCC3)CC2)c2ncccc2c1. The van der Waals surface area contributed by atoms with E-state index in [1.165, 1.54) is 47.9 Å². The van der Waals surface area contributed by atoms with E-state index in [4.69, 9.17) is 11.6 Å². The summed E-state index contributed by atoms with van der Waals surface area (Å²) in [7, 11) is 0. The van der Waals surface area contributed by atoms with Crippen molar-refractivity contribution in [3.8, 4) is 0 Å². The van der Waals surface area contributed by atoms with E-state index in [-0.39, 0.29) is 5.54 Å². The lowest BCUT2D eigenvalue weighted by Crippen LogP contribution is -2.56. The fourth-order valence-electron chi connectivity index (χ4n) is 5.98. The Balaban J connectivity index is 1.32. The van der Waals surface area contributed by atoms with Gasteiger partial charge < -0.3 is 4.90 Å². The van der Waals surface area contributed by atoms with Crippen molar-refractivity contribution >= 4 is 49.6 Å². The van der Waals surface area contributed by atoms with Crippen molar-refractivity contribution in [1.82, 2.24) is 9.88 Å². The van der Waals surface area contributed by atoms with Gasteiger partial charge in [0.25, 0.3) is 0 Å². The largest absolute Gasteiger partial charge is 0.367 e. The Morgan fingerprint density at radius 3 is 2.56 bits per heavy atom. The quantitative estimate of drug-likeness (QED) is 0.324. The first kappa shape index (κ1) is 20.5. The van der Waals surface area contributed by atoms with Gasteiger partial charge in [0.05, 0.1) is 11.2 Å². The van der Waals surface area contributed by atoms with E-state index in [9.17, 15) is 0 Å². The van der Waals surface area contributed by atoms with Gasteiger partial charge >= 0.3 is 0 Å². The van der Waals surface area contributed by atoms with Gasteiger partial charge in [-0.3, -0.25) is 9.88 Å². The molecule has 32 heavy (non-hydrogen) atoms. The first-order valence-electron chi connectivity index (χ1n) is 11.8. The van der Waals surface area contributed by atoms with Crippen LogP contribution in [0.3, 0.4) is 0 Å². The standard InChI is InChI=1S/C27H28ClN3S/c28-21-17-20-7-6-12-29-26(20)24(18-21)30-13-15-31(16-14-30)27(10-4-1-5-11-27)23-19-32-25-9-3-2-8-22(23)25/h2-3,6-9,12,17-19H,1,4-5,10-11,13-16H2. The van der Waals surface area contributed by atoms with Gasteiger partial charge in [0.1, 0.15) is 0 Å². The second-order valence-electron chi connectivity index (χ2n) is 9.21. The maximum atomic E-state index is 6.47. The normalized spacial score (nSPS) is 19.6. The molecule has 3 nitrogen and oxygen atoms in total. The number of hydrogen-bond donors (Lipinski definition) is 0. The smallest absolute Gasteiger partial charge is 0.0936 e. The second-order valence-corrected chi connectivity index (χ2v) is 10.6. The summed E-state index contributed by atoms with van der Waals surface area (Å²) < 4.78 is 1.42. The third kappa shape index (κ3) is 3.40. The molecule has 5 heteroatoms. The van der Waals surface area contributed by atoms with Crippen LogP contribution in [0.25, 0.3) is 21.0 Å². The van der Waals surface area contributed by atoms with Gasteiger partial charge in [-0.05, 0) is 53.4 Å². The Kier molecular flexibility index (Phi) is 5.33. The van der Waals surface area contributed by atoms with E-state index in [1.807, 2.05) is 29.7 Å². The van der Waals surface area contributed by atoms with Crippen LogP contribution in [0.5, 0.6) is 0 Å². The average molecular weight is 462 g/mol. The van der Waals surface area contributed by atoms with Crippen LogP contribution >= 0.6 is 22.9 Å². The van der Waals surface area contributed by atoms with Crippen molar-refractivity contribution in [3.05, 3.63) is 70.7 Å². The van der Waals surface area contributed by atoms with Gasteiger partial charge in [-0.1, -0.05) is 55.1 Å². The molecule has 0 spiro atoms. The molecule has 0 amide bonds.